The van der Waals surface area contributed by atoms with Crippen LogP contribution in [0.3, 0.4) is 0 Å². The van der Waals surface area contributed by atoms with Gasteiger partial charge in [-0.2, -0.15) is 14.6 Å². The first kappa shape index (κ1) is 17.6. The number of aryl methyl sites for hydroxylation is 1. The number of carboxylic acids is 1. The number of carbonyl (C=O) groups is 1. The first-order chi connectivity index (χ1) is 13.6. The molecule has 0 spiro atoms. The molecule has 4 aromatic rings. The summed E-state index contributed by atoms with van der Waals surface area (Å²) >= 11 is 0. The summed E-state index contributed by atoms with van der Waals surface area (Å²) < 4.78 is 6.61. The van der Waals surface area contributed by atoms with Crippen LogP contribution >= 0.6 is 0 Å². The van der Waals surface area contributed by atoms with Gasteiger partial charge in [0.05, 0.1) is 19.0 Å². The van der Waals surface area contributed by atoms with Crippen molar-refractivity contribution in [2.24, 2.45) is 0 Å². The molecule has 2 aromatic heterocycles. The molecular weight excluding hydrogens is 360 g/mol. The van der Waals surface area contributed by atoms with Crippen LogP contribution in [-0.2, 0) is 11.2 Å². The molecule has 8 nitrogen and oxygen atoms in total. The van der Waals surface area contributed by atoms with Crippen molar-refractivity contribution in [3.05, 3.63) is 64.7 Å². The maximum atomic E-state index is 12.7. The molecule has 1 N–H and O–H groups in total. The second-order valence-electron chi connectivity index (χ2n) is 6.17. The molecule has 0 fully saturated rings. The number of ether oxygens (including phenoxy) is 1. The topological polar surface area (TPSA) is 107 Å². The minimum atomic E-state index is -0.938. The Kier molecular flexibility index (Phi) is 4.44. The largest absolute Gasteiger partial charge is 0.497 e. The van der Waals surface area contributed by atoms with Crippen LogP contribution in [0.4, 0.5) is 0 Å². The first-order valence-electron chi connectivity index (χ1n) is 8.62. The van der Waals surface area contributed by atoms with Crippen LogP contribution in [0.2, 0.25) is 0 Å². The zero-order valence-corrected chi connectivity index (χ0v) is 15.0. The van der Waals surface area contributed by atoms with Crippen molar-refractivity contribution < 1.29 is 14.6 Å². The first-order valence-corrected chi connectivity index (χ1v) is 8.62. The maximum absolute atomic E-state index is 12.7. The van der Waals surface area contributed by atoms with Gasteiger partial charge in [-0.1, -0.05) is 12.1 Å². The zero-order valence-electron chi connectivity index (χ0n) is 15.0. The predicted molar refractivity (Wildman–Crippen MR) is 103 cm³/mol. The number of aliphatic carboxylic acids is 1. The van der Waals surface area contributed by atoms with E-state index in [2.05, 4.69) is 15.1 Å². The van der Waals surface area contributed by atoms with E-state index in [1.54, 1.807) is 43.5 Å². The van der Waals surface area contributed by atoms with Crippen molar-refractivity contribution in [2.75, 3.05) is 7.11 Å². The number of para-hydroxylation sites is 1. The lowest BCUT2D eigenvalue weighted by Crippen LogP contribution is -2.19. The van der Waals surface area contributed by atoms with E-state index < -0.39 is 11.5 Å². The summed E-state index contributed by atoms with van der Waals surface area (Å²) in [5.74, 6) is 0.151. The number of methoxy groups -OCH3 is 1. The Balaban J connectivity index is 1.97. The number of hydrogen-bond acceptors (Lipinski definition) is 6. The van der Waals surface area contributed by atoms with Crippen LogP contribution in [0.25, 0.3) is 27.8 Å². The summed E-state index contributed by atoms with van der Waals surface area (Å²) in [4.78, 5) is 32.5. The van der Waals surface area contributed by atoms with E-state index in [-0.39, 0.29) is 18.5 Å². The summed E-state index contributed by atoms with van der Waals surface area (Å²) in [5, 5.41) is 14.2. The fourth-order valence-electron chi connectivity index (χ4n) is 3.00. The summed E-state index contributed by atoms with van der Waals surface area (Å²) in [6.07, 6.45) is 0.0579. The van der Waals surface area contributed by atoms with E-state index in [9.17, 15) is 9.59 Å². The van der Waals surface area contributed by atoms with Gasteiger partial charge in [0.15, 0.2) is 11.3 Å². The molecule has 0 aliphatic rings. The molecule has 8 heteroatoms. The molecule has 0 atom stereocenters. The highest BCUT2D eigenvalue weighted by Crippen LogP contribution is 2.21. The molecule has 28 heavy (non-hydrogen) atoms. The Bertz CT molecular complexity index is 1250. The number of hydrogen-bond donors (Lipinski definition) is 1. The molecule has 4 rings (SSSR count). The van der Waals surface area contributed by atoms with Crippen LogP contribution in [0.15, 0.2) is 53.3 Å². The highest BCUT2D eigenvalue weighted by Gasteiger charge is 2.15. The van der Waals surface area contributed by atoms with Crippen molar-refractivity contribution in [2.45, 2.75) is 12.8 Å². The third-order valence-electron chi connectivity index (χ3n) is 4.38. The second-order valence-corrected chi connectivity index (χ2v) is 6.17. The van der Waals surface area contributed by atoms with Gasteiger partial charge < -0.3 is 9.84 Å². The van der Waals surface area contributed by atoms with Gasteiger partial charge in [0, 0.05) is 17.4 Å². The highest BCUT2D eigenvalue weighted by molar-refractivity contribution is 5.91. The lowest BCUT2D eigenvalue weighted by atomic mass is 10.1. The molecule has 0 unspecified atom stereocenters. The number of nitrogens with zero attached hydrogens (tertiary/aromatic N) is 4. The van der Waals surface area contributed by atoms with Crippen LogP contribution in [0, 0.1) is 0 Å². The number of fused-ring (bicyclic) bond motifs is 3. The lowest BCUT2D eigenvalue weighted by molar-refractivity contribution is -0.137. The Labute approximate surface area is 159 Å². The number of aromatic nitrogens is 4. The van der Waals surface area contributed by atoms with Gasteiger partial charge in [-0.05, 0) is 36.4 Å². The quantitative estimate of drug-likeness (QED) is 0.533. The van der Waals surface area contributed by atoms with E-state index >= 15 is 0 Å². The SMILES string of the molecule is COc1ccc(-c2nn3c(CCC(=O)O)nc4ccccc4c3nc2=O)cc1. The van der Waals surface area contributed by atoms with E-state index in [0.29, 0.717) is 33.7 Å². The number of carboxylic acid groups (broad SMARTS) is 1. The average Bonchev–Trinajstić information content (AvgIpc) is 2.71. The zero-order chi connectivity index (χ0) is 19.7. The van der Waals surface area contributed by atoms with Crippen molar-refractivity contribution in [3.8, 4) is 17.0 Å². The summed E-state index contributed by atoms with van der Waals surface area (Å²) in [7, 11) is 1.56. The fraction of sp³-hybridized carbons (Fsp3) is 0.150. The summed E-state index contributed by atoms with van der Waals surface area (Å²) in [6, 6.07) is 14.2. The molecule has 0 amide bonds. The molecule has 0 aliphatic heterocycles. The molecule has 0 aliphatic carbocycles. The Hall–Kier alpha value is -3.81. The number of benzene rings is 2. The average molecular weight is 376 g/mol. The Morgan fingerprint density at radius 2 is 1.86 bits per heavy atom. The molecule has 0 saturated heterocycles. The van der Waals surface area contributed by atoms with E-state index in [1.807, 2.05) is 12.1 Å². The molecule has 0 radical (unpaired) electrons. The van der Waals surface area contributed by atoms with Crippen molar-refractivity contribution in [3.63, 3.8) is 0 Å². The van der Waals surface area contributed by atoms with Crippen LogP contribution in [0.1, 0.15) is 12.2 Å². The van der Waals surface area contributed by atoms with E-state index in [4.69, 9.17) is 9.84 Å². The normalized spacial score (nSPS) is 11.0. The van der Waals surface area contributed by atoms with Crippen molar-refractivity contribution in [1.29, 1.82) is 0 Å². The van der Waals surface area contributed by atoms with Gasteiger partial charge in [-0.25, -0.2) is 4.98 Å². The van der Waals surface area contributed by atoms with Gasteiger partial charge in [-0.3, -0.25) is 9.59 Å². The smallest absolute Gasteiger partial charge is 0.303 e. The standard InChI is InChI=1S/C20H16N4O4/c1-28-13-8-6-12(7-9-13)18-20(27)22-19-14-4-2-3-5-15(14)21-16(24(19)23-18)10-11-17(25)26/h2-9H,10-11H2,1H3,(H,25,26). The molecule has 0 saturated carbocycles. The molecule has 140 valence electrons. The van der Waals surface area contributed by atoms with Gasteiger partial charge in [0.25, 0.3) is 5.56 Å². The van der Waals surface area contributed by atoms with E-state index in [0.717, 1.165) is 0 Å². The van der Waals surface area contributed by atoms with Gasteiger partial charge in [0.2, 0.25) is 0 Å². The lowest BCUT2D eigenvalue weighted by Gasteiger charge is -2.11. The summed E-state index contributed by atoms with van der Waals surface area (Å²) in [6.45, 7) is 0. The molecule has 2 aromatic carbocycles. The molecular formula is C20H16N4O4. The van der Waals surface area contributed by atoms with E-state index in [1.165, 1.54) is 4.52 Å². The Morgan fingerprint density at radius 3 is 2.57 bits per heavy atom. The monoisotopic (exact) mass is 376 g/mol. The van der Waals surface area contributed by atoms with Gasteiger partial charge in [-0.15, -0.1) is 0 Å². The summed E-state index contributed by atoms with van der Waals surface area (Å²) in [5.41, 5.74) is 1.27. The molecule has 0 bridgehead atoms. The molecule has 2 heterocycles. The van der Waals surface area contributed by atoms with Crippen LogP contribution in [-0.4, -0.2) is 37.8 Å². The number of rotatable bonds is 5. The fourth-order valence-corrected chi connectivity index (χ4v) is 3.00. The van der Waals surface area contributed by atoms with Crippen LogP contribution in [0.5, 0.6) is 5.75 Å². The third kappa shape index (κ3) is 3.16. The van der Waals surface area contributed by atoms with Crippen LogP contribution < -0.4 is 10.3 Å². The second kappa shape index (κ2) is 7.07. The van der Waals surface area contributed by atoms with Crippen molar-refractivity contribution >= 4 is 22.5 Å². The third-order valence-corrected chi connectivity index (χ3v) is 4.38. The highest BCUT2D eigenvalue weighted by atomic mass is 16.5. The maximum Gasteiger partial charge on any atom is 0.303 e. The minimum Gasteiger partial charge on any atom is -0.497 e. The predicted octanol–water partition coefficient (Wildman–Crippen LogP) is 2.33. The minimum absolute atomic E-state index is 0.105. The Morgan fingerprint density at radius 1 is 1.11 bits per heavy atom. The van der Waals surface area contributed by atoms with Gasteiger partial charge in [0.1, 0.15) is 11.6 Å². The van der Waals surface area contributed by atoms with Crippen molar-refractivity contribution in [1.82, 2.24) is 19.6 Å². The van der Waals surface area contributed by atoms with Gasteiger partial charge >= 0.3 is 5.97 Å².